The molecule has 1 fully saturated rings. The van der Waals surface area contributed by atoms with Crippen molar-refractivity contribution in [3.63, 3.8) is 0 Å². The van der Waals surface area contributed by atoms with Crippen LogP contribution in [0.25, 0.3) is 0 Å². The van der Waals surface area contributed by atoms with Crippen molar-refractivity contribution in [2.45, 2.75) is 18.7 Å². The Labute approximate surface area is 131 Å². The van der Waals surface area contributed by atoms with E-state index in [-0.39, 0.29) is 16.7 Å². The largest absolute Gasteiger partial charge is 0.378 e. The maximum atomic E-state index is 12.4. The molecule has 122 valence electrons. The lowest BCUT2D eigenvalue weighted by Crippen LogP contribution is -2.40. The molecule has 0 atom stereocenters. The number of hydrogen-bond donors (Lipinski definition) is 1. The van der Waals surface area contributed by atoms with Crippen molar-refractivity contribution >= 4 is 15.9 Å². The minimum absolute atomic E-state index is 0.118. The number of benzene rings is 1. The number of amides is 1. The van der Waals surface area contributed by atoms with E-state index in [4.69, 9.17) is 4.74 Å². The number of hydrogen-bond acceptors (Lipinski definition) is 4. The van der Waals surface area contributed by atoms with Crippen LogP contribution < -0.4 is 4.72 Å². The Bertz CT molecular complexity index is 622. The van der Waals surface area contributed by atoms with Crippen molar-refractivity contribution < 1.29 is 17.9 Å². The molecule has 1 amide bonds. The average molecular weight is 326 g/mol. The fraction of sp³-hybridized carbons (Fsp3) is 0.533. The third-order valence-electron chi connectivity index (χ3n) is 3.37. The van der Waals surface area contributed by atoms with E-state index in [1.54, 1.807) is 17.0 Å². The molecule has 0 spiro atoms. The van der Waals surface area contributed by atoms with Crippen LogP contribution in [-0.4, -0.2) is 52.1 Å². The zero-order valence-corrected chi connectivity index (χ0v) is 13.7. The molecule has 6 nitrogen and oxygen atoms in total. The predicted molar refractivity (Wildman–Crippen MR) is 83.2 cm³/mol. The van der Waals surface area contributed by atoms with Crippen LogP contribution in [0, 0.1) is 5.92 Å². The smallest absolute Gasteiger partial charge is 0.254 e. The molecule has 0 aliphatic carbocycles. The molecule has 0 saturated carbocycles. The van der Waals surface area contributed by atoms with Crippen LogP contribution in [0.5, 0.6) is 0 Å². The van der Waals surface area contributed by atoms with Crippen molar-refractivity contribution in [3.05, 3.63) is 29.8 Å². The summed E-state index contributed by atoms with van der Waals surface area (Å²) in [7, 11) is -3.59. The molecule has 7 heteroatoms. The van der Waals surface area contributed by atoms with Crippen LogP contribution in [0.3, 0.4) is 0 Å². The standard InChI is InChI=1S/C15H22N2O4S/c1-12(2)11-16-22(19,20)14-5-3-4-13(10-14)15(18)17-6-8-21-9-7-17/h3-5,10,12,16H,6-9,11H2,1-2H3. The predicted octanol–water partition coefficient (Wildman–Crippen LogP) is 1.09. The summed E-state index contributed by atoms with van der Waals surface area (Å²) in [6, 6.07) is 6.16. The average Bonchev–Trinajstić information content (AvgIpc) is 2.53. The minimum atomic E-state index is -3.59. The first-order chi connectivity index (χ1) is 10.4. The molecule has 1 aliphatic rings. The van der Waals surface area contributed by atoms with Gasteiger partial charge in [0.1, 0.15) is 0 Å². The molecule has 1 aromatic rings. The Morgan fingerprint density at radius 1 is 1.32 bits per heavy atom. The van der Waals surface area contributed by atoms with Gasteiger partial charge in [0.2, 0.25) is 10.0 Å². The van der Waals surface area contributed by atoms with Gasteiger partial charge in [0.15, 0.2) is 0 Å². The van der Waals surface area contributed by atoms with E-state index in [0.29, 0.717) is 38.4 Å². The molecule has 2 rings (SSSR count). The maximum Gasteiger partial charge on any atom is 0.254 e. The molecule has 0 aromatic heterocycles. The van der Waals surface area contributed by atoms with Gasteiger partial charge < -0.3 is 9.64 Å². The Hall–Kier alpha value is -1.44. The third kappa shape index (κ3) is 4.28. The lowest BCUT2D eigenvalue weighted by atomic mass is 10.2. The highest BCUT2D eigenvalue weighted by Gasteiger charge is 2.21. The van der Waals surface area contributed by atoms with E-state index < -0.39 is 10.0 Å². The second-order valence-corrected chi connectivity index (χ2v) is 7.45. The van der Waals surface area contributed by atoms with Crippen molar-refractivity contribution in [2.24, 2.45) is 5.92 Å². The van der Waals surface area contributed by atoms with Gasteiger partial charge in [0.05, 0.1) is 18.1 Å². The SMILES string of the molecule is CC(C)CNS(=O)(=O)c1cccc(C(=O)N2CCOCC2)c1. The lowest BCUT2D eigenvalue weighted by molar-refractivity contribution is 0.0302. The van der Waals surface area contributed by atoms with E-state index in [1.807, 2.05) is 13.8 Å². The van der Waals surface area contributed by atoms with Crippen molar-refractivity contribution in [1.82, 2.24) is 9.62 Å². The summed E-state index contributed by atoms with van der Waals surface area (Å²) in [6.45, 7) is 6.31. The van der Waals surface area contributed by atoms with Gasteiger partial charge in [-0.25, -0.2) is 13.1 Å². The van der Waals surface area contributed by atoms with Crippen LogP contribution in [0.4, 0.5) is 0 Å². The van der Waals surface area contributed by atoms with Crippen LogP contribution in [0.2, 0.25) is 0 Å². The number of morpholine rings is 1. The van der Waals surface area contributed by atoms with Crippen LogP contribution in [0.1, 0.15) is 24.2 Å². The van der Waals surface area contributed by atoms with Gasteiger partial charge in [-0.1, -0.05) is 19.9 Å². The number of sulfonamides is 1. The first kappa shape index (κ1) is 16.9. The van der Waals surface area contributed by atoms with Gasteiger partial charge in [-0.05, 0) is 24.1 Å². The Morgan fingerprint density at radius 2 is 2.00 bits per heavy atom. The number of ether oxygens (including phenoxy) is 1. The molecule has 1 aliphatic heterocycles. The summed E-state index contributed by atoms with van der Waals surface area (Å²) in [5, 5.41) is 0. The fourth-order valence-electron chi connectivity index (χ4n) is 2.11. The highest BCUT2D eigenvalue weighted by Crippen LogP contribution is 2.14. The molecule has 1 aromatic carbocycles. The van der Waals surface area contributed by atoms with E-state index in [0.717, 1.165) is 0 Å². The van der Waals surface area contributed by atoms with Gasteiger partial charge in [-0.3, -0.25) is 4.79 Å². The number of carbonyl (C=O) groups is 1. The van der Waals surface area contributed by atoms with E-state index in [2.05, 4.69) is 4.72 Å². The van der Waals surface area contributed by atoms with Crippen LogP contribution in [-0.2, 0) is 14.8 Å². The zero-order chi connectivity index (χ0) is 16.2. The van der Waals surface area contributed by atoms with Crippen molar-refractivity contribution in [3.8, 4) is 0 Å². The number of rotatable bonds is 5. The summed E-state index contributed by atoms with van der Waals surface area (Å²) in [5.74, 6) is 0.0529. The highest BCUT2D eigenvalue weighted by atomic mass is 32.2. The highest BCUT2D eigenvalue weighted by molar-refractivity contribution is 7.89. The van der Waals surface area contributed by atoms with Crippen LogP contribution in [0.15, 0.2) is 29.2 Å². The first-order valence-electron chi connectivity index (χ1n) is 7.37. The van der Waals surface area contributed by atoms with Crippen molar-refractivity contribution in [1.29, 1.82) is 0 Å². The normalized spacial score (nSPS) is 16.0. The number of carbonyl (C=O) groups excluding carboxylic acids is 1. The number of nitrogens with zero attached hydrogens (tertiary/aromatic N) is 1. The molecular formula is C15H22N2O4S. The van der Waals surface area contributed by atoms with Gasteiger partial charge >= 0.3 is 0 Å². The second-order valence-electron chi connectivity index (χ2n) is 5.68. The zero-order valence-electron chi connectivity index (χ0n) is 12.9. The molecule has 1 saturated heterocycles. The van der Waals surface area contributed by atoms with E-state index in [9.17, 15) is 13.2 Å². The molecular weight excluding hydrogens is 304 g/mol. The maximum absolute atomic E-state index is 12.4. The van der Waals surface area contributed by atoms with Gasteiger partial charge in [0, 0.05) is 25.2 Å². The summed E-state index contributed by atoms with van der Waals surface area (Å²) >= 11 is 0. The lowest BCUT2D eigenvalue weighted by Gasteiger charge is -2.27. The summed E-state index contributed by atoms with van der Waals surface area (Å²) in [4.78, 5) is 14.2. The molecule has 0 bridgehead atoms. The topological polar surface area (TPSA) is 75.7 Å². The number of nitrogens with one attached hydrogen (secondary N) is 1. The Kier molecular flexibility index (Phi) is 5.55. The molecule has 1 N–H and O–H groups in total. The monoisotopic (exact) mass is 326 g/mol. The van der Waals surface area contributed by atoms with Gasteiger partial charge in [-0.15, -0.1) is 0 Å². The van der Waals surface area contributed by atoms with Crippen LogP contribution >= 0.6 is 0 Å². The van der Waals surface area contributed by atoms with E-state index >= 15 is 0 Å². The summed E-state index contributed by atoms with van der Waals surface area (Å²) in [6.07, 6.45) is 0. The summed E-state index contributed by atoms with van der Waals surface area (Å²) < 4.78 is 32.2. The summed E-state index contributed by atoms with van der Waals surface area (Å²) in [5.41, 5.74) is 0.384. The second kappa shape index (κ2) is 7.21. The van der Waals surface area contributed by atoms with Gasteiger partial charge in [0.25, 0.3) is 5.91 Å². The first-order valence-corrected chi connectivity index (χ1v) is 8.85. The van der Waals surface area contributed by atoms with E-state index in [1.165, 1.54) is 12.1 Å². The minimum Gasteiger partial charge on any atom is -0.378 e. The molecule has 0 unspecified atom stereocenters. The molecule has 22 heavy (non-hydrogen) atoms. The van der Waals surface area contributed by atoms with Gasteiger partial charge in [-0.2, -0.15) is 0 Å². The Balaban J connectivity index is 2.17. The third-order valence-corrected chi connectivity index (χ3v) is 4.79. The molecule has 0 radical (unpaired) electrons. The quantitative estimate of drug-likeness (QED) is 0.879. The Morgan fingerprint density at radius 3 is 2.64 bits per heavy atom. The van der Waals surface area contributed by atoms with Crippen molar-refractivity contribution in [2.75, 3.05) is 32.8 Å². The molecule has 1 heterocycles. The fourth-order valence-corrected chi connectivity index (χ4v) is 3.36.